The second kappa shape index (κ2) is 5.59. The van der Waals surface area contributed by atoms with E-state index in [1.54, 1.807) is 18.2 Å². The molecule has 0 aliphatic heterocycles. The first kappa shape index (κ1) is 13.4. The number of carboxylic acids is 1. The normalized spacial score (nSPS) is 12.2. The summed E-state index contributed by atoms with van der Waals surface area (Å²) in [6.07, 6.45) is -0.471. The van der Waals surface area contributed by atoms with Crippen molar-refractivity contribution < 1.29 is 19.8 Å². The van der Waals surface area contributed by atoms with Crippen LogP contribution in [-0.2, 0) is 22.4 Å². The Bertz CT molecular complexity index is 437. The fourth-order valence-corrected chi connectivity index (χ4v) is 1.73. The van der Waals surface area contributed by atoms with E-state index in [2.05, 4.69) is 0 Å². The fraction of sp³-hybridized carbons (Fsp3) is 0.385. The number of rotatable bonds is 5. The van der Waals surface area contributed by atoms with Gasteiger partial charge in [0.25, 0.3) is 0 Å². The average molecular weight is 236 g/mol. The van der Waals surface area contributed by atoms with Crippen molar-refractivity contribution in [3.8, 4) is 0 Å². The molecule has 1 rings (SSSR count). The molecule has 1 atom stereocenters. The summed E-state index contributed by atoms with van der Waals surface area (Å²) in [6, 6.07) is 4.91. The van der Waals surface area contributed by atoms with Crippen molar-refractivity contribution >= 4 is 11.8 Å². The smallest absolute Gasteiger partial charge is 0.337 e. The van der Waals surface area contributed by atoms with Crippen LogP contribution in [0.3, 0.4) is 0 Å². The molecule has 4 nitrogen and oxygen atoms in total. The molecule has 2 N–H and O–H groups in total. The summed E-state index contributed by atoms with van der Waals surface area (Å²) in [5.74, 6) is -1.21. The highest BCUT2D eigenvalue weighted by atomic mass is 16.4. The molecular weight excluding hydrogens is 220 g/mol. The second-order valence-electron chi connectivity index (χ2n) is 4.00. The molecule has 1 aromatic rings. The zero-order chi connectivity index (χ0) is 13.0. The molecule has 0 aliphatic rings. The van der Waals surface area contributed by atoms with E-state index < -0.39 is 12.1 Å². The molecule has 0 heterocycles. The molecule has 1 aromatic carbocycles. The third-order valence-corrected chi connectivity index (χ3v) is 2.60. The van der Waals surface area contributed by atoms with E-state index >= 15 is 0 Å². The highest BCUT2D eigenvalue weighted by Crippen LogP contribution is 2.19. The van der Waals surface area contributed by atoms with E-state index in [-0.39, 0.29) is 5.78 Å². The molecular formula is C13H16O4. The molecule has 0 saturated heterocycles. The third-order valence-electron chi connectivity index (χ3n) is 2.60. The number of hydrogen-bond donors (Lipinski definition) is 2. The Morgan fingerprint density at radius 3 is 2.41 bits per heavy atom. The average Bonchev–Trinajstić information content (AvgIpc) is 2.27. The van der Waals surface area contributed by atoms with Crippen molar-refractivity contribution in [3.63, 3.8) is 0 Å². The van der Waals surface area contributed by atoms with Crippen molar-refractivity contribution in [2.45, 2.75) is 32.8 Å². The van der Waals surface area contributed by atoms with Crippen LogP contribution in [0.15, 0.2) is 18.2 Å². The SMILES string of the molecule is CCc1cc(C(O)C(=O)O)ccc1CC(C)=O. The summed E-state index contributed by atoms with van der Waals surface area (Å²) in [5.41, 5.74) is 2.14. The van der Waals surface area contributed by atoms with Gasteiger partial charge in [0, 0.05) is 6.42 Å². The second-order valence-corrected chi connectivity index (χ2v) is 4.00. The van der Waals surface area contributed by atoms with Crippen LogP contribution in [0.1, 0.15) is 36.6 Å². The molecule has 0 amide bonds. The molecule has 4 heteroatoms. The van der Waals surface area contributed by atoms with Crippen LogP contribution in [0, 0.1) is 0 Å². The number of aliphatic carboxylic acids is 1. The number of carboxylic acid groups (broad SMARTS) is 1. The van der Waals surface area contributed by atoms with Gasteiger partial charge in [-0.25, -0.2) is 4.79 Å². The molecule has 0 bridgehead atoms. The predicted octanol–water partition coefficient (Wildman–Crippen LogP) is 1.50. The molecule has 0 aliphatic carbocycles. The van der Waals surface area contributed by atoms with E-state index in [0.717, 1.165) is 11.1 Å². The van der Waals surface area contributed by atoms with Gasteiger partial charge in [0.05, 0.1) is 0 Å². The summed E-state index contributed by atoms with van der Waals surface area (Å²) in [7, 11) is 0. The molecule has 0 aromatic heterocycles. The lowest BCUT2D eigenvalue weighted by Crippen LogP contribution is -2.11. The maximum Gasteiger partial charge on any atom is 0.337 e. The van der Waals surface area contributed by atoms with Crippen LogP contribution in [0.25, 0.3) is 0 Å². The number of carbonyl (C=O) groups excluding carboxylic acids is 1. The largest absolute Gasteiger partial charge is 0.479 e. The number of aliphatic hydroxyl groups excluding tert-OH is 1. The van der Waals surface area contributed by atoms with Gasteiger partial charge in [-0.3, -0.25) is 4.79 Å². The highest BCUT2D eigenvalue weighted by molar-refractivity contribution is 5.79. The Morgan fingerprint density at radius 2 is 1.94 bits per heavy atom. The number of hydrogen-bond acceptors (Lipinski definition) is 3. The first-order valence-electron chi connectivity index (χ1n) is 5.47. The van der Waals surface area contributed by atoms with Gasteiger partial charge >= 0.3 is 5.97 Å². The number of aliphatic hydroxyl groups is 1. The first-order chi connectivity index (χ1) is 7.95. The fourth-order valence-electron chi connectivity index (χ4n) is 1.73. The maximum absolute atomic E-state index is 11.1. The van der Waals surface area contributed by atoms with Gasteiger partial charge < -0.3 is 10.2 Å². The van der Waals surface area contributed by atoms with Gasteiger partial charge in [0.1, 0.15) is 5.78 Å². The summed E-state index contributed by atoms with van der Waals surface area (Å²) < 4.78 is 0. The Kier molecular flexibility index (Phi) is 4.40. The highest BCUT2D eigenvalue weighted by Gasteiger charge is 2.17. The molecule has 0 spiro atoms. The molecule has 17 heavy (non-hydrogen) atoms. The van der Waals surface area contributed by atoms with Crippen LogP contribution in [0.5, 0.6) is 0 Å². The zero-order valence-electron chi connectivity index (χ0n) is 9.93. The van der Waals surface area contributed by atoms with Gasteiger partial charge in [0.2, 0.25) is 0 Å². The van der Waals surface area contributed by atoms with E-state index in [1.807, 2.05) is 6.92 Å². The van der Waals surface area contributed by atoms with E-state index in [4.69, 9.17) is 5.11 Å². The van der Waals surface area contributed by atoms with Crippen LogP contribution >= 0.6 is 0 Å². The van der Waals surface area contributed by atoms with Crippen molar-refractivity contribution in [2.24, 2.45) is 0 Å². The summed E-state index contributed by atoms with van der Waals surface area (Å²) in [6.45, 7) is 3.44. The van der Waals surface area contributed by atoms with Gasteiger partial charge in [-0.05, 0) is 30.0 Å². The van der Waals surface area contributed by atoms with Crippen molar-refractivity contribution in [2.75, 3.05) is 0 Å². The lowest BCUT2D eigenvalue weighted by molar-refractivity contribution is -0.147. The van der Waals surface area contributed by atoms with Gasteiger partial charge in [-0.15, -0.1) is 0 Å². The van der Waals surface area contributed by atoms with Crippen molar-refractivity contribution in [3.05, 3.63) is 34.9 Å². The van der Waals surface area contributed by atoms with E-state index in [1.165, 1.54) is 6.92 Å². The monoisotopic (exact) mass is 236 g/mol. The Morgan fingerprint density at radius 1 is 1.29 bits per heavy atom. The molecule has 0 radical (unpaired) electrons. The molecule has 0 saturated carbocycles. The molecule has 0 fully saturated rings. The van der Waals surface area contributed by atoms with Crippen LogP contribution in [-0.4, -0.2) is 22.0 Å². The predicted molar refractivity (Wildman–Crippen MR) is 62.8 cm³/mol. The number of Topliss-reactive ketones (excluding diaryl/α,β-unsaturated/α-hetero) is 1. The third kappa shape index (κ3) is 3.39. The van der Waals surface area contributed by atoms with Gasteiger partial charge in [0.15, 0.2) is 6.10 Å². The molecule has 1 unspecified atom stereocenters. The summed E-state index contributed by atoms with van der Waals surface area (Å²) in [4.78, 5) is 21.7. The zero-order valence-corrected chi connectivity index (χ0v) is 9.93. The Labute approximate surface area is 99.9 Å². The van der Waals surface area contributed by atoms with E-state index in [0.29, 0.717) is 18.4 Å². The summed E-state index contributed by atoms with van der Waals surface area (Å²) in [5, 5.41) is 18.1. The minimum Gasteiger partial charge on any atom is -0.479 e. The minimum atomic E-state index is -1.51. The number of benzene rings is 1. The number of aryl methyl sites for hydroxylation is 1. The van der Waals surface area contributed by atoms with Gasteiger partial charge in [-0.2, -0.15) is 0 Å². The van der Waals surface area contributed by atoms with Crippen LogP contribution in [0.4, 0.5) is 0 Å². The maximum atomic E-state index is 11.1. The van der Waals surface area contributed by atoms with Crippen LogP contribution < -0.4 is 0 Å². The lowest BCUT2D eigenvalue weighted by Gasteiger charge is -2.11. The molecule has 92 valence electrons. The topological polar surface area (TPSA) is 74.6 Å². The quantitative estimate of drug-likeness (QED) is 0.812. The minimum absolute atomic E-state index is 0.0613. The first-order valence-corrected chi connectivity index (χ1v) is 5.47. The van der Waals surface area contributed by atoms with Crippen molar-refractivity contribution in [1.29, 1.82) is 0 Å². The number of carbonyl (C=O) groups is 2. The standard InChI is InChI=1S/C13H16O4/c1-3-9-7-11(12(15)13(16)17)5-4-10(9)6-8(2)14/h4-5,7,12,15H,3,6H2,1-2H3,(H,16,17). The van der Waals surface area contributed by atoms with E-state index in [9.17, 15) is 14.7 Å². The number of ketones is 1. The Hall–Kier alpha value is -1.68. The van der Waals surface area contributed by atoms with Crippen LogP contribution in [0.2, 0.25) is 0 Å². The van der Waals surface area contributed by atoms with Gasteiger partial charge in [-0.1, -0.05) is 25.1 Å². The Balaban J connectivity index is 3.07. The van der Waals surface area contributed by atoms with Crippen molar-refractivity contribution in [1.82, 2.24) is 0 Å². The lowest BCUT2D eigenvalue weighted by atomic mass is 9.96. The summed E-state index contributed by atoms with van der Waals surface area (Å²) >= 11 is 0.